The van der Waals surface area contributed by atoms with Crippen LogP contribution in [0.15, 0.2) is 0 Å². The van der Waals surface area contributed by atoms with Gasteiger partial charge in [-0.05, 0) is 11.8 Å². The molecule has 112 valence electrons. The van der Waals surface area contributed by atoms with Gasteiger partial charge in [-0.3, -0.25) is 9.59 Å². The molecule has 0 bridgehead atoms. The number of carbonyl (C=O) groups excluding carboxylic acids is 2. The topological polar surface area (TPSA) is 140 Å². The Morgan fingerprint density at radius 1 is 1.35 bits per heavy atom. The first kappa shape index (κ1) is 17.9. The summed E-state index contributed by atoms with van der Waals surface area (Å²) in [5.74, 6) is -2.69. The molecule has 0 aliphatic heterocycles. The van der Waals surface area contributed by atoms with Gasteiger partial charge in [0.25, 0.3) is 0 Å². The van der Waals surface area contributed by atoms with E-state index in [2.05, 4.69) is 10.1 Å². The van der Waals surface area contributed by atoms with Crippen LogP contribution in [-0.2, 0) is 14.4 Å². The molecule has 1 amide bonds. The van der Waals surface area contributed by atoms with Crippen LogP contribution in [0.2, 0.25) is 0 Å². The maximum absolute atomic E-state index is 11.7. The molecule has 0 aliphatic rings. The van der Waals surface area contributed by atoms with Crippen LogP contribution in [0, 0.1) is 5.41 Å². The third-order valence-electron chi connectivity index (χ3n) is 2.56. The Morgan fingerprint density at radius 2 is 1.90 bits per heavy atom. The first-order valence-corrected chi connectivity index (χ1v) is 6.01. The van der Waals surface area contributed by atoms with Crippen molar-refractivity contribution in [1.82, 2.24) is 5.32 Å². The summed E-state index contributed by atoms with van der Waals surface area (Å²) < 4.78 is 0. The molecule has 0 saturated heterocycles. The third-order valence-corrected chi connectivity index (χ3v) is 2.56. The lowest BCUT2D eigenvalue weighted by atomic mass is 9.88. The number of rotatable bonds is 7. The number of amides is 1. The van der Waals surface area contributed by atoms with Gasteiger partial charge in [-0.15, -0.1) is 0 Å². The SMILES string of the molecule is CC(C)(C)C(O)C(=O)NC(CCC(=O)C=[N+]=[N-])C(=O)O. The first-order chi connectivity index (χ1) is 9.09. The quantitative estimate of drug-likeness (QED) is 0.332. The minimum absolute atomic E-state index is 0.164. The summed E-state index contributed by atoms with van der Waals surface area (Å²) in [6, 6.07) is -1.30. The molecule has 3 N–H and O–H groups in total. The lowest BCUT2D eigenvalue weighted by Gasteiger charge is -2.26. The molecule has 0 aromatic rings. The predicted molar refractivity (Wildman–Crippen MR) is 69.0 cm³/mol. The summed E-state index contributed by atoms with van der Waals surface area (Å²) in [7, 11) is 0. The summed E-state index contributed by atoms with van der Waals surface area (Å²) in [6.45, 7) is 4.90. The van der Waals surface area contributed by atoms with E-state index in [1.165, 1.54) is 0 Å². The number of Topliss-reactive ketones (excluding diaryl/α,β-unsaturated/α-hetero) is 1. The number of aliphatic hydroxyl groups excluding tert-OH is 1. The van der Waals surface area contributed by atoms with E-state index in [4.69, 9.17) is 10.6 Å². The fourth-order valence-electron chi connectivity index (χ4n) is 1.32. The number of hydrogen-bond acceptors (Lipinski definition) is 4. The number of aliphatic hydroxyl groups is 1. The highest BCUT2D eigenvalue weighted by Gasteiger charge is 2.32. The molecule has 0 fully saturated rings. The molecule has 8 nitrogen and oxygen atoms in total. The molecule has 0 radical (unpaired) electrons. The normalized spacial score (nSPS) is 13.8. The number of carbonyl (C=O) groups is 3. The molecule has 0 rings (SSSR count). The monoisotopic (exact) mass is 285 g/mol. The number of nitrogens with zero attached hydrogens (tertiary/aromatic N) is 2. The molecular formula is C12H19N3O5. The highest BCUT2D eigenvalue weighted by Crippen LogP contribution is 2.19. The number of carboxylic acids is 1. The van der Waals surface area contributed by atoms with Gasteiger partial charge in [0.15, 0.2) is 0 Å². The Kier molecular flexibility index (Phi) is 6.75. The minimum atomic E-state index is -1.36. The Labute approximate surface area is 116 Å². The molecule has 8 heteroatoms. The minimum Gasteiger partial charge on any atom is -0.480 e. The molecule has 0 spiro atoms. The van der Waals surface area contributed by atoms with Crippen LogP contribution in [0.25, 0.3) is 5.53 Å². The average Bonchev–Trinajstić information content (AvgIpc) is 2.31. The Morgan fingerprint density at radius 3 is 2.30 bits per heavy atom. The van der Waals surface area contributed by atoms with Crippen LogP contribution < -0.4 is 5.32 Å². The highest BCUT2D eigenvalue weighted by molar-refractivity contribution is 6.25. The number of nitrogens with one attached hydrogen (secondary N) is 1. The number of aliphatic carboxylic acids is 1. The highest BCUT2D eigenvalue weighted by atomic mass is 16.4. The predicted octanol–water partition coefficient (Wildman–Crippen LogP) is -0.387. The van der Waals surface area contributed by atoms with Crippen molar-refractivity contribution in [3.63, 3.8) is 0 Å². The van der Waals surface area contributed by atoms with Gasteiger partial charge in [0.1, 0.15) is 12.1 Å². The zero-order valence-electron chi connectivity index (χ0n) is 11.7. The van der Waals surface area contributed by atoms with Crippen LogP contribution in [0.1, 0.15) is 33.6 Å². The second-order valence-corrected chi connectivity index (χ2v) is 5.42. The Balaban J connectivity index is 4.64. The van der Waals surface area contributed by atoms with Crippen molar-refractivity contribution < 1.29 is 29.4 Å². The van der Waals surface area contributed by atoms with Gasteiger partial charge in [-0.25, -0.2) is 4.79 Å². The van der Waals surface area contributed by atoms with Crippen molar-refractivity contribution in [3.05, 3.63) is 5.53 Å². The second kappa shape index (κ2) is 7.52. The van der Waals surface area contributed by atoms with E-state index in [9.17, 15) is 19.5 Å². The zero-order chi connectivity index (χ0) is 15.9. The molecule has 0 aromatic carbocycles. The fourth-order valence-corrected chi connectivity index (χ4v) is 1.32. The van der Waals surface area contributed by atoms with E-state index in [-0.39, 0.29) is 12.8 Å². The Hall–Kier alpha value is -2.05. The van der Waals surface area contributed by atoms with E-state index >= 15 is 0 Å². The summed E-state index contributed by atoms with van der Waals surface area (Å²) in [4.78, 5) is 36.3. The summed E-state index contributed by atoms with van der Waals surface area (Å²) in [5.41, 5.74) is 7.42. The van der Waals surface area contributed by atoms with E-state index in [0.717, 1.165) is 0 Å². The molecule has 0 aliphatic carbocycles. The van der Waals surface area contributed by atoms with E-state index in [1.54, 1.807) is 20.8 Å². The van der Waals surface area contributed by atoms with Crippen LogP contribution in [0.3, 0.4) is 0 Å². The summed E-state index contributed by atoms with van der Waals surface area (Å²) in [5, 5.41) is 20.9. The third kappa shape index (κ3) is 6.21. The van der Waals surface area contributed by atoms with Crippen molar-refractivity contribution in [2.75, 3.05) is 0 Å². The van der Waals surface area contributed by atoms with E-state index in [0.29, 0.717) is 6.21 Å². The average molecular weight is 285 g/mol. The maximum atomic E-state index is 11.7. The van der Waals surface area contributed by atoms with Crippen LogP contribution >= 0.6 is 0 Å². The molecule has 20 heavy (non-hydrogen) atoms. The molecular weight excluding hydrogens is 266 g/mol. The van der Waals surface area contributed by atoms with Gasteiger partial charge in [0.2, 0.25) is 11.7 Å². The number of hydrogen-bond donors (Lipinski definition) is 3. The van der Waals surface area contributed by atoms with Crippen LogP contribution in [0.4, 0.5) is 0 Å². The number of carboxylic acid groups (broad SMARTS) is 1. The van der Waals surface area contributed by atoms with Crippen molar-refractivity contribution in [3.8, 4) is 0 Å². The van der Waals surface area contributed by atoms with E-state index in [1.807, 2.05) is 0 Å². The molecule has 2 atom stereocenters. The summed E-state index contributed by atoms with van der Waals surface area (Å²) >= 11 is 0. The fraction of sp³-hybridized carbons (Fsp3) is 0.667. The van der Waals surface area contributed by atoms with Crippen molar-refractivity contribution in [2.45, 2.75) is 45.8 Å². The molecule has 2 unspecified atom stereocenters. The lowest BCUT2D eigenvalue weighted by molar-refractivity contribution is -0.145. The molecule has 0 aromatic heterocycles. The lowest BCUT2D eigenvalue weighted by Crippen LogP contribution is -2.49. The maximum Gasteiger partial charge on any atom is 0.326 e. The number of ketones is 1. The van der Waals surface area contributed by atoms with Gasteiger partial charge in [-0.1, -0.05) is 20.8 Å². The van der Waals surface area contributed by atoms with Crippen LogP contribution in [0.5, 0.6) is 0 Å². The second-order valence-electron chi connectivity index (χ2n) is 5.42. The van der Waals surface area contributed by atoms with E-state index < -0.39 is 35.2 Å². The van der Waals surface area contributed by atoms with Gasteiger partial charge in [0.05, 0.1) is 0 Å². The van der Waals surface area contributed by atoms with Crippen molar-refractivity contribution in [1.29, 1.82) is 0 Å². The first-order valence-electron chi connectivity index (χ1n) is 6.01. The van der Waals surface area contributed by atoms with Gasteiger partial charge < -0.3 is 21.1 Å². The molecule has 0 saturated carbocycles. The van der Waals surface area contributed by atoms with Gasteiger partial charge >= 0.3 is 12.2 Å². The zero-order valence-corrected chi connectivity index (χ0v) is 11.7. The molecule has 0 heterocycles. The largest absolute Gasteiger partial charge is 0.480 e. The van der Waals surface area contributed by atoms with Crippen molar-refractivity contribution in [2.24, 2.45) is 5.41 Å². The standard InChI is InChI=1S/C12H19N3O5/c1-12(2,3)9(17)10(18)15-8(11(19)20)5-4-7(16)6-14-13/h6,8-9,17H,4-5H2,1-3H3,(H,15,18)(H,19,20). The Bertz CT molecular complexity index is 435. The van der Waals surface area contributed by atoms with Crippen LogP contribution in [-0.4, -0.2) is 51.0 Å². The summed E-state index contributed by atoms with van der Waals surface area (Å²) in [6.07, 6.45) is -1.07. The van der Waals surface area contributed by atoms with Gasteiger partial charge in [-0.2, -0.15) is 4.79 Å². The van der Waals surface area contributed by atoms with Gasteiger partial charge in [0, 0.05) is 6.42 Å². The van der Waals surface area contributed by atoms with Crippen molar-refractivity contribution >= 4 is 23.9 Å². The smallest absolute Gasteiger partial charge is 0.326 e.